The molecule has 0 amide bonds. The molecule has 0 spiro atoms. The van der Waals surface area contributed by atoms with Crippen LogP contribution in [0.2, 0.25) is 0 Å². The summed E-state index contributed by atoms with van der Waals surface area (Å²) in [5.74, 6) is 0. The third-order valence-corrected chi connectivity index (χ3v) is 2.99. The van der Waals surface area contributed by atoms with E-state index >= 15 is 0 Å². The lowest BCUT2D eigenvalue weighted by Crippen LogP contribution is -2.18. The summed E-state index contributed by atoms with van der Waals surface area (Å²) >= 11 is 0. The van der Waals surface area contributed by atoms with Gasteiger partial charge in [0.05, 0.1) is 0 Å². The first-order valence-corrected chi connectivity index (χ1v) is 5.24. The van der Waals surface area contributed by atoms with Gasteiger partial charge in [-0.25, -0.2) is 0 Å². The normalized spacial score (nSPS) is 14.5. The lowest BCUT2D eigenvalue weighted by molar-refractivity contribution is 0.417. The van der Waals surface area contributed by atoms with Crippen molar-refractivity contribution < 1.29 is 10.0 Å². The third kappa shape index (κ3) is 1.99. The van der Waals surface area contributed by atoms with Crippen molar-refractivity contribution in [1.29, 1.82) is 0 Å². The van der Waals surface area contributed by atoms with Gasteiger partial charge in [-0.05, 0) is 48.9 Å². The molecule has 15 heavy (non-hydrogen) atoms. The van der Waals surface area contributed by atoms with Crippen molar-refractivity contribution in [3.63, 3.8) is 0 Å². The van der Waals surface area contributed by atoms with Gasteiger partial charge in [0, 0.05) is 0 Å². The Hall–Kier alpha value is -1.06. The molecular formula is C12H15BO2. The molecule has 0 heterocycles. The van der Waals surface area contributed by atoms with Gasteiger partial charge in [0.2, 0.25) is 0 Å². The van der Waals surface area contributed by atoms with Crippen LogP contribution < -0.4 is 0 Å². The van der Waals surface area contributed by atoms with Crippen LogP contribution in [0.4, 0.5) is 0 Å². The summed E-state index contributed by atoms with van der Waals surface area (Å²) in [7, 11) is -1.31. The molecule has 0 atom stereocenters. The average molecular weight is 202 g/mol. The zero-order chi connectivity index (χ0) is 11.0. The highest BCUT2D eigenvalue weighted by Crippen LogP contribution is 2.27. The summed E-state index contributed by atoms with van der Waals surface area (Å²) in [4.78, 5) is 0. The van der Waals surface area contributed by atoms with E-state index in [-0.39, 0.29) is 0 Å². The molecule has 0 saturated heterocycles. The Labute approximate surface area is 90.4 Å². The van der Waals surface area contributed by atoms with Gasteiger partial charge in [-0.2, -0.15) is 0 Å². The minimum absolute atomic E-state index is 0.715. The van der Waals surface area contributed by atoms with Crippen LogP contribution in [0.5, 0.6) is 0 Å². The Bertz CT molecular complexity index is 422. The highest BCUT2D eigenvalue weighted by atomic mass is 16.4. The molecule has 3 heteroatoms. The van der Waals surface area contributed by atoms with Crippen LogP contribution in [0.3, 0.4) is 0 Å². The van der Waals surface area contributed by atoms with Gasteiger partial charge in [-0.1, -0.05) is 23.8 Å². The molecule has 0 fully saturated rings. The topological polar surface area (TPSA) is 40.5 Å². The molecule has 2 nitrogen and oxygen atoms in total. The Kier molecular flexibility index (Phi) is 2.68. The smallest absolute Gasteiger partial charge is 0.423 e. The Morgan fingerprint density at radius 3 is 2.53 bits per heavy atom. The van der Waals surface area contributed by atoms with Crippen LogP contribution >= 0.6 is 0 Å². The van der Waals surface area contributed by atoms with Gasteiger partial charge in [0.1, 0.15) is 0 Å². The van der Waals surface area contributed by atoms with Crippen LogP contribution in [0.25, 0.3) is 6.08 Å². The summed E-state index contributed by atoms with van der Waals surface area (Å²) in [6.45, 7) is 4.17. The number of rotatable bonds is 1. The van der Waals surface area contributed by atoms with Gasteiger partial charge < -0.3 is 10.0 Å². The minimum atomic E-state index is -1.31. The first-order valence-electron chi connectivity index (χ1n) is 5.24. The summed E-state index contributed by atoms with van der Waals surface area (Å²) in [6, 6.07) is 4.27. The van der Waals surface area contributed by atoms with E-state index in [4.69, 9.17) is 10.0 Å². The maximum Gasteiger partial charge on any atom is 0.484 e. The van der Waals surface area contributed by atoms with Crippen molar-refractivity contribution in [2.45, 2.75) is 26.7 Å². The molecular weight excluding hydrogens is 187 g/mol. The SMILES string of the molecule is Cc1cc(C)c2c(c1)C=C(B(O)O)CC2. The molecule has 78 valence electrons. The van der Waals surface area contributed by atoms with Crippen molar-refractivity contribution >= 4 is 13.2 Å². The molecule has 0 radical (unpaired) electrons. The Morgan fingerprint density at radius 2 is 1.87 bits per heavy atom. The number of fused-ring (bicyclic) bond motifs is 1. The van der Waals surface area contributed by atoms with Crippen LogP contribution in [-0.2, 0) is 6.42 Å². The Balaban J connectivity index is 2.50. The zero-order valence-corrected chi connectivity index (χ0v) is 9.12. The number of hydrogen-bond donors (Lipinski definition) is 2. The number of aryl methyl sites for hydroxylation is 2. The molecule has 2 rings (SSSR count). The molecule has 0 aliphatic heterocycles. The van der Waals surface area contributed by atoms with Crippen LogP contribution in [0.15, 0.2) is 17.6 Å². The summed E-state index contributed by atoms with van der Waals surface area (Å²) in [5, 5.41) is 18.3. The molecule has 1 aliphatic carbocycles. The fourth-order valence-corrected chi connectivity index (χ4v) is 2.25. The van der Waals surface area contributed by atoms with Crippen molar-refractivity contribution in [2.75, 3.05) is 0 Å². The predicted octanol–water partition coefficient (Wildman–Crippen LogP) is 1.65. The fraction of sp³-hybridized carbons (Fsp3) is 0.333. The fourth-order valence-electron chi connectivity index (χ4n) is 2.25. The van der Waals surface area contributed by atoms with Crippen molar-refractivity contribution in [2.24, 2.45) is 0 Å². The molecule has 0 aromatic heterocycles. The van der Waals surface area contributed by atoms with Gasteiger partial charge in [-0.15, -0.1) is 0 Å². The van der Waals surface area contributed by atoms with E-state index in [9.17, 15) is 0 Å². The van der Waals surface area contributed by atoms with Crippen molar-refractivity contribution in [3.8, 4) is 0 Å². The quantitative estimate of drug-likeness (QED) is 0.679. The van der Waals surface area contributed by atoms with E-state index in [0.29, 0.717) is 5.47 Å². The first kappa shape index (κ1) is 10.5. The second-order valence-electron chi connectivity index (χ2n) is 4.24. The van der Waals surface area contributed by atoms with Gasteiger partial charge in [0.25, 0.3) is 0 Å². The van der Waals surface area contributed by atoms with Crippen LogP contribution in [0.1, 0.15) is 28.7 Å². The lowest BCUT2D eigenvalue weighted by Gasteiger charge is -2.18. The summed E-state index contributed by atoms with van der Waals surface area (Å²) in [5.41, 5.74) is 5.71. The molecule has 0 saturated carbocycles. The maximum absolute atomic E-state index is 9.13. The summed E-state index contributed by atoms with van der Waals surface area (Å²) < 4.78 is 0. The van der Waals surface area contributed by atoms with E-state index in [1.807, 2.05) is 6.08 Å². The maximum atomic E-state index is 9.13. The van der Waals surface area contributed by atoms with Crippen molar-refractivity contribution in [1.82, 2.24) is 0 Å². The number of hydrogen-bond acceptors (Lipinski definition) is 2. The van der Waals surface area contributed by atoms with Crippen LogP contribution in [-0.4, -0.2) is 17.2 Å². The predicted molar refractivity (Wildman–Crippen MR) is 62.4 cm³/mol. The molecule has 1 aliphatic rings. The third-order valence-electron chi connectivity index (χ3n) is 2.99. The first-order chi connectivity index (χ1) is 7.08. The Morgan fingerprint density at radius 1 is 1.13 bits per heavy atom. The molecule has 0 unspecified atom stereocenters. The van der Waals surface area contributed by atoms with E-state index in [0.717, 1.165) is 18.4 Å². The molecule has 1 aromatic carbocycles. The highest BCUT2D eigenvalue weighted by Gasteiger charge is 2.20. The minimum Gasteiger partial charge on any atom is -0.423 e. The standard InChI is InChI=1S/C12H15BO2/c1-8-5-9(2)12-4-3-11(13(14)15)7-10(12)6-8/h5-7,14-15H,3-4H2,1-2H3. The van der Waals surface area contributed by atoms with E-state index in [2.05, 4.69) is 26.0 Å². The van der Waals surface area contributed by atoms with Crippen molar-refractivity contribution in [3.05, 3.63) is 39.9 Å². The van der Waals surface area contributed by atoms with Gasteiger partial charge in [-0.3, -0.25) is 0 Å². The van der Waals surface area contributed by atoms with Gasteiger partial charge in [0.15, 0.2) is 0 Å². The summed E-state index contributed by atoms with van der Waals surface area (Å²) in [6.07, 6.45) is 3.56. The highest BCUT2D eigenvalue weighted by molar-refractivity contribution is 6.52. The second kappa shape index (κ2) is 3.84. The molecule has 0 bridgehead atoms. The molecule has 2 N–H and O–H groups in total. The zero-order valence-electron chi connectivity index (χ0n) is 9.12. The van der Waals surface area contributed by atoms with E-state index < -0.39 is 7.12 Å². The lowest BCUT2D eigenvalue weighted by atomic mass is 9.71. The van der Waals surface area contributed by atoms with E-state index in [1.165, 1.54) is 16.7 Å². The van der Waals surface area contributed by atoms with Gasteiger partial charge >= 0.3 is 7.12 Å². The molecule has 1 aromatic rings. The largest absolute Gasteiger partial charge is 0.484 e. The second-order valence-corrected chi connectivity index (χ2v) is 4.24. The monoisotopic (exact) mass is 202 g/mol. The number of benzene rings is 1. The van der Waals surface area contributed by atoms with E-state index in [1.54, 1.807) is 0 Å². The van der Waals surface area contributed by atoms with Crippen LogP contribution in [0, 0.1) is 13.8 Å². The number of allylic oxidation sites excluding steroid dienone is 1. The average Bonchev–Trinajstić information content (AvgIpc) is 2.16.